The highest BCUT2D eigenvalue weighted by Crippen LogP contribution is 2.12. The molecule has 0 saturated heterocycles. The Kier molecular flexibility index (Phi) is 5.32. The van der Waals surface area contributed by atoms with Crippen molar-refractivity contribution in [3.63, 3.8) is 0 Å². The fourth-order valence-corrected chi connectivity index (χ4v) is 1.27. The molecule has 3 nitrogen and oxygen atoms in total. The number of aryl methyl sites for hydroxylation is 1. The molecule has 0 N–H and O–H groups in total. The molecule has 0 spiro atoms. The Labute approximate surface area is 104 Å². The average Bonchev–Trinajstić information content (AvgIpc) is 2.28. The minimum Gasteiger partial charge on any atom is -0.490 e. The average molecular weight is 287 g/mol. The smallest absolute Gasteiger partial charge is 0.316 e. The van der Waals surface area contributed by atoms with Gasteiger partial charge in [0.1, 0.15) is 23.8 Å². The van der Waals surface area contributed by atoms with Gasteiger partial charge in [0.2, 0.25) is 0 Å². The second-order valence-corrected chi connectivity index (χ2v) is 4.12. The molecule has 0 bridgehead atoms. The van der Waals surface area contributed by atoms with E-state index in [-0.39, 0.29) is 17.4 Å². The van der Waals surface area contributed by atoms with Gasteiger partial charge in [-0.05, 0) is 26.0 Å². The maximum Gasteiger partial charge on any atom is 0.316 e. The number of halogens is 1. The van der Waals surface area contributed by atoms with Gasteiger partial charge in [0.15, 0.2) is 0 Å². The second kappa shape index (κ2) is 6.53. The van der Waals surface area contributed by atoms with Crippen molar-refractivity contribution in [3.8, 4) is 5.75 Å². The van der Waals surface area contributed by atoms with E-state index in [1.807, 2.05) is 31.2 Å². The Morgan fingerprint density at radius 3 is 2.56 bits per heavy atom. The quantitative estimate of drug-likeness (QED) is 0.617. The Balaban J connectivity index is 2.34. The Morgan fingerprint density at radius 1 is 1.38 bits per heavy atom. The van der Waals surface area contributed by atoms with Crippen molar-refractivity contribution in [3.05, 3.63) is 29.8 Å². The summed E-state index contributed by atoms with van der Waals surface area (Å²) < 4.78 is 10.5. The maximum absolute atomic E-state index is 11.0. The monoisotopic (exact) mass is 286 g/mol. The number of esters is 1. The first-order valence-corrected chi connectivity index (χ1v) is 6.19. The molecule has 1 aromatic rings. The summed E-state index contributed by atoms with van der Waals surface area (Å²) in [6.45, 7) is 4.18. The van der Waals surface area contributed by atoms with Crippen molar-refractivity contribution in [2.24, 2.45) is 0 Å². The zero-order chi connectivity index (χ0) is 12.0. The minimum absolute atomic E-state index is 0.210. The Hall–Kier alpha value is -1.03. The van der Waals surface area contributed by atoms with Crippen molar-refractivity contribution < 1.29 is 14.3 Å². The molecule has 1 atom stereocenters. The lowest BCUT2D eigenvalue weighted by Crippen LogP contribution is -2.22. The van der Waals surface area contributed by atoms with Crippen LogP contribution < -0.4 is 4.74 Å². The van der Waals surface area contributed by atoms with Crippen molar-refractivity contribution in [2.75, 3.05) is 11.9 Å². The zero-order valence-electron chi connectivity index (χ0n) is 9.40. The molecular formula is C12H15BrO3. The predicted octanol–water partition coefficient (Wildman–Crippen LogP) is 2.70. The van der Waals surface area contributed by atoms with E-state index in [0.29, 0.717) is 6.61 Å². The third-order valence-electron chi connectivity index (χ3n) is 1.95. The summed E-state index contributed by atoms with van der Waals surface area (Å²) in [6, 6.07) is 7.75. The minimum atomic E-state index is -0.278. The molecule has 0 aliphatic rings. The lowest BCUT2D eigenvalue weighted by atomic mass is 10.2. The van der Waals surface area contributed by atoms with E-state index in [4.69, 9.17) is 9.47 Å². The molecule has 0 radical (unpaired) electrons. The van der Waals surface area contributed by atoms with Gasteiger partial charge in [-0.1, -0.05) is 33.6 Å². The van der Waals surface area contributed by atoms with Crippen molar-refractivity contribution >= 4 is 21.9 Å². The van der Waals surface area contributed by atoms with Crippen LogP contribution in [0.15, 0.2) is 24.3 Å². The van der Waals surface area contributed by atoms with Gasteiger partial charge in [0.05, 0.1) is 0 Å². The van der Waals surface area contributed by atoms with Crippen LogP contribution in [0.3, 0.4) is 0 Å². The summed E-state index contributed by atoms with van der Waals surface area (Å²) in [7, 11) is 0. The fourth-order valence-electron chi connectivity index (χ4n) is 1.14. The summed E-state index contributed by atoms with van der Waals surface area (Å²) in [5.74, 6) is 0.507. The predicted molar refractivity (Wildman–Crippen MR) is 66.0 cm³/mol. The normalized spacial score (nSPS) is 11.9. The molecule has 0 aliphatic carbocycles. The van der Waals surface area contributed by atoms with Gasteiger partial charge in [-0.25, -0.2) is 0 Å². The summed E-state index contributed by atoms with van der Waals surface area (Å²) >= 11 is 3.03. The molecule has 0 heterocycles. The topological polar surface area (TPSA) is 35.5 Å². The second-order valence-electron chi connectivity index (χ2n) is 3.56. The van der Waals surface area contributed by atoms with Gasteiger partial charge < -0.3 is 9.47 Å². The zero-order valence-corrected chi connectivity index (χ0v) is 11.0. The Bertz CT molecular complexity index is 335. The van der Waals surface area contributed by atoms with Crippen molar-refractivity contribution in [1.82, 2.24) is 0 Å². The van der Waals surface area contributed by atoms with Crippen LogP contribution in [0.2, 0.25) is 0 Å². The molecular weight excluding hydrogens is 272 g/mol. The van der Waals surface area contributed by atoms with Crippen LogP contribution in [0.25, 0.3) is 0 Å². The molecule has 0 amide bonds. The van der Waals surface area contributed by atoms with Crippen LogP contribution in [0, 0.1) is 6.92 Å². The van der Waals surface area contributed by atoms with Gasteiger partial charge in [0, 0.05) is 0 Å². The van der Waals surface area contributed by atoms with Gasteiger partial charge in [-0.3, -0.25) is 4.79 Å². The van der Waals surface area contributed by atoms with Gasteiger partial charge in [-0.15, -0.1) is 0 Å². The first-order valence-electron chi connectivity index (χ1n) is 5.06. The van der Waals surface area contributed by atoms with Crippen LogP contribution >= 0.6 is 15.9 Å². The summed E-state index contributed by atoms with van der Waals surface area (Å²) in [5, 5.41) is 0.210. The van der Waals surface area contributed by atoms with E-state index >= 15 is 0 Å². The summed E-state index contributed by atoms with van der Waals surface area (Å²) in [6.07, 6.45) is -0.244. The molecule has 0 aromatic heterocycles. The molecule has 1 rings (SSSR count). The number of hydrogen-bond acceptors (Lipinski definition) is 3. The lowest BCUT2D eigenvalue weighted by Gasteiger charge is -2.13. The highest BCUT2D eigenvalue weighted by atomic mass is 79.9. The van der Waals surface area contributed by atoms with Crippen LogP contribution in [0.5, 0.6) is 5.75 Å². The number of alkyl halides is 1. The highest BCUT2D eigenvalue weighted by molar-refractivity contribution is 9.09. The summed E-state index contributed by atoms with van der Waals surface area (Å²) in [5.41, 5.74) is 1.19. The van der Waals surface area contributed by atoms with E-state index in [1.54, 1.807) is 6.92 Å². The largest absolute Gasteiger partial charge is 0.490 e. The van der Waals surface area contributed by atoms with E-state index < -0.39 is 0 Å². The van der Waals surface area contributed by atoms with E-state index in [2.05, 4.69) is 15.9 Å². The summed E-state index contributed by atoms with van der Waals surface area (Å²) in [4.78, 5) is 11.0. The molecule has 1 aromatic carbocycles. The van der Waals surface area contributed by atoms with Crippen LogP contribution in [-0.4, -0.2) is 24.0 Å². The number of carbonyl (C=O) groups excluding carboxylic acids is 1. The third-order valence-corrected chi connectivity index (χ3v) is 2.41. The number of carbonyl (C=O) groups is 1. The maximum atomic E-state index is 11.0. The van der Waals surface area contributed by atoms with Crippen molar-refractivity contribution in [1.29, 1.82) is 0 Å². The third kappa shape index (κ3) is 4.66. The van der Waals surface area contributed by atoms with Crippen LogP contribution in [0.4, 0.5) is 0 Å². The van der Waals surface area contributed by atoms with Gasteiger partial charge in [-0.2, -0.15) is 0 Å². The molecule has 0 fully saturated rings. The molecule has 16 heavy (non-hydrogen) atoms. The van der Waals surface area contributed by atoms with E-state index in [9.17, 15) is 4.79 Å². The Morgan fingerprint density at radius 2 is 2.00 bits per heavy atom. The molecule has 1 unspecified atom stereocenters. The fraction of sp³-hybridized carbons (Fsp3) is 0.417. The number of benzene rings is 1. The number of hydrogen-bond donors (Lipinski definition) is 0. The molecule has 0 aliphatic heterocycles. The van der Waals surface area contributed by atoms with Gasteiger partial charge in [0.25, 0.3) is 0 Å². The SMILES string of the molecule is Cc1ccc(OCC(C)OC(=O)CBr)cc1. The number of ether oxygens (including phenoxy) is 2. The van der Waals surface area contributed by atoms with E-state index in [0.717, 1.165) is 5.75 Å². The lowest BCUT2D eigenvalue weighted by molar-refractivity contribution is -0.146. The first kappa shape index (κ1) is 13.0. The highest BCUT2D eigenvalue weighted by Gasteiger charge is 2.08. The van der Waals surface area contributed by atoms with Crippen LogP contribution in [-0.2, 0) is 9.53 Å². The number of rotatable bonds is 5. The molecule has 4 heteroatoms. The van der Waals surface area contributed by atoms with E-state index in [1.165, 1.54) is 5.56 Å². The van der Waals surface area contributed by atoms with Gasteiger partial charge >= 0.3 is 5.97 Å². The standard InChI is InChI=1S/C12H15BrO3/c1-9-3-5-11(6-4-9)15-8-10(2)16-12(14)7-13/h3-6,10H,7-8H2,1-2H3. The van der Waals surface area contributed by atoms with Crippen LogP contribution in [0.1, 0.15) is 12.5 Å². The molecule has 88 valence electrons. The first-order chi connectivity index (χ1) is 7.61. The van der Waals surface area contributed by atoms with Crippen molar-refractivity contribution in [2.45, 2.75) is 20.0 Å². The molecule has 0 saturated carbocycles.